The summed E-state index contributed by atoms with van der Waals surface area (Å²) in [7, 11) is 1.31. The largest absolute Gasteiger partial charge is 0.497 e. The van der Waals surface area contributed by atoms with E-state index in [4.69, 9.17) is 9.47 Å². The number of rotatable bonds is 8. The molecular weight excluding hydrogens is 414 g/mol. The first-order valence-corrected chi connectivity index (χ1v) is 12.2. The standard InChI is InChI=1S/C23H31N3O4S/c1-25-13-10-18-14-17(6-8-20(18)25)21(26-11-4-5-12-26)16-24-31(27,28)23-15-19(29-2)7-9-22(23)30-3/h6-9,14-15,21,24H,4-5,10-13,16H2,1-3H3/t21-/m1/s1. The summed E-state index contributed by atoms with van der Waals surface area (Å²) in [4.78, 5) is 4.73. The van der Waals surface area contributed by atoms with Crippen molar-refractivity contribution in [3.8, 4) is 11.5 Å². The molecule has 2 heterocycles. The summed E-state index contributed by atoms with van der Waals surface area (Å²) < 4.78 is 39.7. The number of benzene rings is 2. The number of likely N-dealkylation sites (N-methyl/N-ethyl adjacent to an activating group) is 1. The van der Waals surface area contributed by atoms with Gasteiger partial charge in [-0.2, -0.15) is 0 Å². The van der Waals surface area contributed by atoms with Gasteiger partial charge < -0.3 is 14.4 Å². The fraction of sp³-hybridized carbons (Fsp3) is 0.478. The van der Waals surface area contributed by atoms with Gasteiger partial charge in [0.1, 0.15) is 16.4 Å². The van der Waals surface area contributed by atoms with Crippen LogP contribution in [0.15, 0.2) is 41.3 Å². The minimum Gasteiger partial charge on any atom is -0.497 e. The highest BCUT2D eigenvalue weighted by Crippen LogP contribution is 2.33. The number of fused-ring (bicyclic) bond motifs is 1. The van der Waals surface area contributed by atoms with Crippen molar-refractivity contribution < 1.29 is 17.9 Å². The zero-order valence-electron chi connectivity index (χ0n) is 18.4. The lowest BCUT2D eigenvalue weighted by atomic mass is 10.0. The normalized spacial score (nSPS) is 17.6. The van der Waals surface area contributed by atoms with Crippen LogP contribution >= 0.6 is 0 Å². The monoisotopic (exact) mass is 445 g/mol. The second-order valence-electron chi connectivity index (χ2n) is 8.19. The molecule has 2 aromatic rings. The van der Waals surface area contributed by atoms with E-state index in [1.54, 1.807) is 12.1 Å². The Morgan fingerprint density at radius 1 is 1.03 bits per heavy atom. The third-order valence-electron chi connectivity index (χ3n) is 6.32. The number of nitrogens with one attached hydrogen (secondary N) is 1. The van der Waals surface area contributed by atoms with E-state index in [0.29, 0.717) is 18.0 Å². The Kier molecular flexibility index (Phi) is 6.41. The molecule has 0 unspecified atom stereocenters. The molecule has 8 heteroatoms. The fourth-order valence-corrected chi connectivity index (χ4v) is 5.79. The third kappa shape index (κ3) is 4.51. The van der Waals surface area contributed by atoms with Crippen molar-refractivity contribution in [3.05, 3.63) is 47.5 Å². The van der Waals surface area contributed by atoms with Gasteiger partial charge in [0.2, 0.25) is 10.0 Å². The van der Waals surface area contributed by atoms with Gasteiger partial charge in [-0.05, 0) is 61.7 Å². The molecule has 2 aromatic carbocycles. The number of anilines is 1. The zero-order valence-corrected chi connectivity index (χ0v) is 19.2. The van der Waals surface area contributed by atoms with Gasteiger partial charge in [-0.3, -0.25) is 4.90 Å². The Balaban J connectivity index is 1.60. The van der Waals surface area contributed by atoms with Crippen LogP contribution in [0.25, 0.3) is 0 Å². The van der Waals surface area contributed by atoms with Crippen molar-refractivity contribution in [2.24, 2.45) is 0 Å². The highest BCUT2D eigenvalue weighted by molar-refractivity contribution is 7.89. The molecule has 0 aromatic heterocycles. The fourth-order valence-electron chi connectivity index (χ4n) is 4.57. The molecule has 31 heavy (non-hydrogen) atoms. The molecule has 168 valence electrons. The molecule has 0 saturated carbocycles. The zero-order chi connectivity index (χ0) is 22.0. The van der Waals surface area contributed by atoms with E-state index in [9.17, 15) is 8.42 Å². The Bertz CT molecular complexity index is 1040. The maximum atomic E-state index is 13.2. The van der Waals surface area contributed by atoms with Crippen LogP contribution in [-0.2, 0) is 16.4 Å². The number of likely N-dealkylation sites (tertiary alicyclic amines) is 1. The molecule has 0 amide bonds. The van der Waals surface area contributed by atoms with Gasteiger partial charge in [0.15, 0.2) is 0 Å². The van der Waals surface area contributed by atoms with Gasteiger partial charge in [-0.1, -0.05) is 12.1 Å². The lowest BCUT2D eigenvalue weighted by molar-refractivity contribution is 0.246. The molecule has 2 aliphatic rings. The lowest BCUT2D eigenvalue weighted by Gasteiger charge is -2.29. The number of hydrogen-bond acceptors (Lipinski definition) is 6. The van der Waals surface area contributed by atoms with Crippen LogP contribution in [0.4, 0.5) is 5.69 Å². The molecule has 0 bridgehead atoms. The van der Waals surface area contributed by atoms with E-state index < -0.39 is 10.0 Å². The summed E-state index contributed by atoms with van der Waals surface area (Å²) in [6.45, 7) is 3.28. The van der Waals surface area contributed by atoms with Crippen LogP contribution in [0.5, 0.6) is 11.5 Å². The molecule has 1 N–H and O–H groups in total. The number of nitrogens with zero attached hydrogens (tertiary/aromatic N) is 2. The summed E-state index contributed by atoms with van der Waals surface area (Å²) >= 11 is 0. The average molecular weight is 446 g/mol. The van der Waals surface area contributed by atoms with Crippen molar-refractivity contribution in [3.63, 3.8) is 0 Å². The number of ether oxygens (including phenoxy) is 2. The lowest BCUT2D eigenvalue weighted by Crippen LogP contribution is -2.37. The predicted octanol–water partition coefficient (Wildman–Crippen LogP) is 2.81. The van der Waals surface area contributed by atoms with Crippen LogP contribution in [-0.4, -0.2) is 60.8 Å². The number of sulfonamides is 1. The molecule has 1 saturated heterocycles. The SMILES string of the molecule is COc1ccc(OC)c(S(=O)(=O)NC[C@H](c2ccc3c(c2)CCN3C)N2CCCC2)c1. The molecule has 7 nitrogen and oxygen atoms in total. The molecule has 1 fully saturated rings. The Hall–Kier alpha value is -2.29. The second-order valence-corrected chi connectivity index (χ2v) is 9.92. The maximum Gasteiger partial charge on any atom is 0.244 e. The minimum absolute atomic E-state index is 0.00918. The number of methoxy groups -OCH3 is 2. The van der Waals surface area contributed by atoms with Crippen LogP contribution in [0.1, 0.15) is 30.0 Å². The Labute approximate surface area is 185 Å². The van der Waals surface area contributed by atoms with Crippen LogP contribution in [0.2, 0.25) is 0 Å². The van der Waals surface area contributed by atoms with Crippen molar-refractivity contribution in [1.82, 2.24) is 9.62 Å². The smallest absolute Gasteiger partial charge is 0.244 e. The van der Waals surface area contributed by atoms with Crippen LogP contribution in [0.3, 0.4) is 0 Å². The van der Waals surface area contributed by atoms with Gasteiger partial charge in [0, 0.05) is 37.9 Å². The average Bonchev–Trinajstić information content (AvgIpc) is 3.44. The van der Waals surface area contributed by atoms with Crippen molar-refractivity contribution in [2.45, 2.75) is 30.2 Å². The van der Waals surface area contributed by atoms with E-state index in [1.807, 2.05) is 0 Å². The van der Waals surface area contributed by atoms with E-state index >= 15 is 0 Å². The first kappa shape index (κ1) is 21.9. The molecule has 0 aliphatic carbocycles. The summed E-state index contributed by atoms with van der Waals surface area (Å²) in [6, 6.07) is 11.4. The van der Waals surface area contributed by atoms with Crippen LogP contribution < -0.4 is 19.1 Å². The summed E-state index contributed by atoms with van der Waals surface area (Å²) in [5.41, 5.74) is 3.77. The van der Waals surface area contributed by atoms with Gasteiger partial charge in [-0.15, -0.1) is 0 Å². The summed E-state index contributed by atoms with van der Waals surface area (Å²) in [6.07, 6.45) is 3.31. The molecule has 2 aliphatic heterocycles. The van der Waals surface area contributed by atoms with Gasteiger partial charge in [0.25, 0.3) is 0 Å². The van der Waals surface area contributed by atoms with Gasteiger partial charge in [0.05, 0.1) is 14.2 Å². The predicted molar refractivity (Wildman–Crippen MR) is 122 cm³/mol. The maximum absolute atomic E-state index is 13.2. The van der Waals surface area contributed by atoms with E-state index in [0.717, 1.165) is 44.5 Å². The Morgan fingerprint density at radius 3 is 2.52 bits per heavy atom. The molecule has 4 rings (SSSR count). The molecule has 0 radical (unpaired) electrons. The first-order chi connectivity index (χ1) is 14.9. The highest BCUT2D eigenvalue weighted by Gasteiger charge is 2.28. The van der Waals surface area contributed by atoms with E-state index in [-0.39, 0.29) is 10.9 Å². The summed E-state index contributed by atoms with van der Waals surface area (Å²) in [5, 5.41) is 0. The van der Waals surface area contributed by atoms with E-state index in [2.05, 4.69) is 39.8 Å². The second kappa shape index (κ2) is 9.06. The first-order valence-electron chi connectivity index (χ1n) is 10.7. The molecule has 1 atom stereocenters. The third-order valence-corrected chi connectivity index (χ3v) is 7.77. The van der Waals surface area contributed by atoms with E-state index in [1.165, 1.54) is 31.5 Å². The van der Waals surface area contributed by atoms with Crippen molar-refractivity contribution in [2.75, 3.05) is 52.3 Å². The van der Waals surface area contributed by atoms with Crippen molar-refractivity contribution in [1.29, 1.82) is 0 Å². The minimum atomic E-state index is -3.78. The molecular formula is C23H31N3O4S. The Morgan fingerprint density at radius 2 is 1.81 bits per heavy atom. The molecule has 0 spiro atoms. The van der Waals surface area contributed by atoms with Gasteiger partial charge >= 0.3 is 0 Å². The highest BCUT2D eigenvalue weighted by atomic mass is 32.2. The van der Waals surface area contributed by atoms with Crippen LogP contribution in [0, 0.1) is 0 Å². The summed E-state index contributed by atoms with van der Waals surface area (Å²) in [5.74, 6) is 0.770. The van der Waals surface area contributed by atoms with Gasteiger partial charge in [-0.25, -0.2) is 13.1 Å². The van der Waals surface area contributed by atoms with Crippen molar-refractivity contribution >= 4 is 15.7 Å². The topological polar surface area (TPSA) is 71.1 Å². The number of hydrogen-bond donors (Lipinski definition) is 1. The quantitative estimate of drug-likeness (QED) is 0.674.